The fourth-order valence-corrected chi connectivity index (χ4v) is 35.2. The summed E-state index contributed by atoms with van der Waals surface area (Å²) in [6, 6.07) is 172. The van der Waals surface area contributed by atoms with Crippen molar-refractivity contribution in [2.75, 3.05) is 0 Å². The van der Waals surface area contributed by atoms with E-state index < -0.39 is 34.0 Å². The zero-order chi connectivity index (χ0) is 89.7. The molecule has 0 fully saturated rings. The second-order valence-electron chi connectivity index (χ2n) is 34.2. The van der Waals surface area contributed by atoms with E-state index in [0.717, 1.165) is 158 Å². The van der Waals surface area contributed by atoms with Crippen molar-refractivity contribution < 1.29 is 22.7 Å². The van der Waals surface area contributed by atoms with Crippen LogP contribution in [0.25, 0.3) is 115 Å². The lowest BCUT2D eigenvalue weighted by atomic mass is 9.65. The first-order valence-corrected chi connectivity index (χ1v) is 52.8. The van der Waals surface area contributed by atoms with E-state index in [1.807, 2.05) is 224 Å². The Morgan fingerprint density at radius 1 is 0.239 bits per heavy atom. The maximum Gasteiger partial charge on any atom is 0.172 e. The molecule has 3 aromatic heterocycles. The van der Waals surface area contributed by atoms with Crippen LogP contribution in [0.15, 0.2) is 508 Å². The van der Waals surface area contributed by atoms with Gasteiger partial charge in [-0.2, -0.15) is 0 Å². The van der Waals surface area contributed by atoms with Gasteiger partial charge < -0.3 is 27.2 Å². The van der Waals surface area contributed by atoms with E-state index >= 15 is 13.7 Å². The third-order valence-electron chi connectivity index (χ3n) is 27.2. The third-order valence-corrected chi connectivity index (χ3v) is 41.1. The van der Waals surface area contributed by atoms with Crippen molar-refractivity contribution in [3.05, 3.63) is 537 Å². The number of benzene rings is 19. The van der Waals surface area contributed by atoms with E-state index in [-0.39, 0.29) is 0 Å². The van der Waals surface area contributed by atoms with E-state index in [4.69, 9.17) is 4.42 Å². The minimum Gasteiger partial charge on any atom is -0.455 e. The number of allylic oxidation sites excluding steroid dienone is 1. The summed E-state index contributed by atoms with van der Waals surface area (Å²) in [6.07, 6.45) is 0. The Morgan fingerprint density at radius 3 is 1.06 bits per heavy atom. The molecule has 7 heterocycles. The summed E-state index contributed by atoms with van der Waals surface area (Å²) in [5.41, 5.74) is 22.4. The second kappa shape index (κ2) is 33.3. The summed E-state index contributed by atoms with van der Waals surface area (Å²) in [5.74, 6) is 0.794. The fourth-order valence-electron chi connectivity index (χ4n) is 21.7. The molecule has 0 N–H and O–H groups in total. The van der Waals surface area contributed by atoms with Gasteiger partial charge in [-0.15, -0.1) is 11.3 Å². The zero-order valence-corrected chi connectivity index (χ0v) is 77.0. The topological polar surface area (TPSA) is 86.3 Å². The van der Waals surface area contributed by atoms with Crippen LogP contribution in [-0.2, 0) is 23.7 Å². The van der Waals surface area contributed by atoms with Crippen molar-refractivity contribution in [1.29, 1.82) is 0 Å². The monoisotopic (exact) mass is 1810 g/mol. The van der Waals surface area contributed by atoms with E-state index in [1.54, 1.807) is 11.3 Å². The lowest BCUT2D eigenvalue weighted by molar-refractivity contribution is 0.591. The molecular weight excluding hydrogens is 1730 g/mol. The molecule has 636 valence electrons. The number of hydrogen-bond donors (Lipinski definition) is 0. The molecule has 134 heavy (non-hydrogen) atoms. The molecule has 0 spiro atoms. The number of rotatable bonds is 7. The Labute approximate surface area is 782 Å². The molecule has 0 saturated carbocycles. The molecule has 6 nitrogen and oxygen atoms in total. The minimum absolute atomic E-state index is 0.594. The van der Waals surface area contributed by atoms with E-state index in [1.165, 1.54) is 53.9 Å². The van der Waals surface area contributed by atoms with Crippen LogP contribution in [0, 0.1) is 0 Å². The Kier molecular flexibility index (Phi) is 20.4. The zero-order valence-electron chi connectivity index (χ0n) is 72.6. The van der Waals surface area contributed by atoms with Crippen LogP contribution in [-0.4, -0.2) is 4.57 Å². The molecule has 19 aromatic carbocycles. The van der Waals surface area contributed by atoms with Crippen molar-refractivity contribution in [3.63, 3.8) is 0 Å². The fraction of sp³-hybridized carbons (Fsp3) is 0.00813. The van der Waals surface area contributed by atoms with Gasteiger partial charge in [-0.25, -0.2) is 0 Å². The first-order valence-electron chi connectivity index (χ1n) is 45.2. The summed E-state index contributed by atoms with van der Waals surface area (Å²) < 4.78 is 71.3. The molecular formula is C123H83NO5P4S. The number of aromatic nitrogens is 1. The summed E-state index contributed by atoms with van der Waals surface area (Å²) in [4.78, 5) is 1.21. The highest BCUT2D eigenvalue weighted by Crippen LogP contribution is 2.65. The van der Waals surface area contributed by atoms with Crippen molar-refractivity contribution >= 4 is 147 Å². The van der Waals surface area contributed by atoms with Crippen molar-refractivity contribution in [1.82, 2.24) is 4.57 Å². The maximum atomic E-state index is 15.9. The van der Waals surface area contributed by atoms with Gasteiger partial charge >= 0.3 is 0 Å². The molecule has 4 aliphatic heterocycles. The lowest BCUT2D eigenvalue weighted by Crippen LogP contribution is -2.32. The number of hydrogen-bond acceptors (Lipinski definition) is 6. The van der Waals surface area contributed by atoms with Gasteiger partial charge in [0.15, 0.2) is 28.6 Å². The number of nitrogens with zero attached hydrogens (tertiary/aromatic N) is 1. The SMILES string of the molecule is O=P1(c2ccccc2)c2ccccc2-c2c(n(-c3ccccc3)c3ccccc23)-c2ccccc21.O=P1(c2ccccc2)c2ccccc2-c2oc3ccccc3c2-c2ccccc21.O=P1(c2ccccc2)c2ccccc2-c2sc3ccccc3c2-c2ccccc21.O=P1(c2ccccc2)c2ccccc2C2=C(c3ccccc31)C(c1ccccc1)(c1ccccc1)c1ccccc12. The Morgan fingerprint density at radius 2 is 0.560 bits per heavy atom. The predicted octanol–water partition coefficient (Wildman–Crippen LogP) is 26.8. The quantitative estimate of drug-likeness (QED) is 0.148. The number of para-hydroxylation sites is 3. The van der Waals surface area contributed by atoms with Crippen LogP contribution in [0.4, 0.5) is 0 Å². The molecule has 0 amide bonds. The van der Waals surface area contributed by atoms with Gasteiger partial charge in [-0.3, -0.25) is 0 Å². The average Bonchev–Trinajstić information content (AvgIpc) is 1.50. The summed E-state index contributed by atoms with van der Waals surface area (Å²) in [6.45, 7) is 0. The smallest absolute Gasteiger partial charge is 0.172 e. The first kappa shape index (κ1) is 82.1. The highest BCUT2D eigenvalue weighted by Gasteiger charge is 2.53. The number of thiophene rings is 1. The highest BCUT2D eigenvalue weighted by molar-refractivity contribution is 7.87. The largest absolute Gasteiger partial charge is 0.455 e. The molecule has 27 rings (SSSR count). The standard InChI is InChI=1S/C39H27OP.C32H22NOP.C26H17O2P.C26H17OPS/c40-41(30-20-8-3-9-21-30)35-26-14-11-23-32(35)37-31-22-10-13-25-34(31)39(28-16-4-1-5-17-28,29-18-6-2-7-19-29)38(37)33-24-12-15-27-36(33)41;34-35(24-15-5-2-6-16-24)29-21-11-8-18-26(29)31-25-17-7-10-20-28(25)33(23-13-3-1-4-14-23)32(31)27-19-9-12-22-30(27)35;27-29(18-10-2-1-3-11-18)23-16-8-5-13-20(23)25-19-12-4-7-15-22(19)28-26(25)21-14-6-9-17-24(21)29;27-28(18-10-2-1-3-11-18)22-15-7-4-12-19(22)25-21-14-6-9-17-24(21)29-26(25)20-13-5-8-16-23(20)28/h1-27H;1-22H;2*1-17H. The maximum absolute atomic E-state index is 15.9. The molecule has 0 bridgehead atoms. The summed E-state index contributed by atoms with van der Waals surface area (Å²) in [7, 11) is -12.5. The second-order valence-corrected chi connectivity index (χ2v) is 46.1. The third kappa shape index (κ3) is 12.6. The Hall–Kier alpha value is -15.1. The van der Waals surface area contributed by atoms with E-state index in [9.17, 15) is 4.57 Å². The highest BCUT2D eigenvalue weighted by atomic mass is 32.1. The van der Waals surface area contributed by atoms with Crippen molar-refractivity contribution in [2.24, 2.45) is 0 Å². The summed E-state index contributed by atoms with van der Waals surface area (Å²) >= 11 is 1.79. The van der Waals surface area contributed by atoms with Crippen LogP contribution in [0.5, 0.6) is 0 Å². The average molecular weight is 1810 g/mol. The Balaban J connectivity index is 0.0000000991. The van der Waals surface area contributed by atoms with Gasteiger partial charge in [-0.1, -0.05) is 473 Å². The van der Waals surface area contributed by atoms with Crippen molar-refractivity contribution in [2.45, 2.75) is 5.41 Å². The number of fused-ring (bicyclic) bond motifs is 27. The van der Waals surface area contributed by atoms with Gasteiger partial charge in [0.25, 0.3) is 0 Å². The van der Waals surface area contributed by atoms with Gasteiger partial charge in [-0.05, 0) is 91.5 Å². The number of furan rings is 1. The van der Waals surface area contributed by atoms with E-state index in [2.05, 4.69) is 284 Å². The molecule has 0 radical (unpaired) electrons. The van der Waals surface area contributed by atoms with Crippen molar-refractivity contribution in [3.8, 4) is 72.1 Å². The molecule has 1 aliphatic carbocycles. The van der Waals surface area contributed by atoms with Gasteiger partial charge in [0.05, 0.1) is 16.6 Å². The van der Waals surface area contributed by atoms with Crippen LogP contribution in [0.2, 0.25) is 0 Å². The van der Waals surface area contributed by atoms with Crippen LogP contribution in [0.1, 0.15) is 33.4 Å². The molecule has 0 saturated heterocycles. The predicted molar refractivity (Wildman–Crippen MR) is 564 cm³/mol. The lowest BCUT2D eigenvalue weighted by Gasteiger charge is -2.37. The summed E-state index contributed by atoms with van der Waals surface area (Å²) in [5, 5.41) is 14.0. The van der Waals surface area contributed by atoms with Crippen LogP contribution in [0.3, 0.4) is 0 Å². The van der Waals surface area contributed by atoms with Crippen LogP contribution >= 0.6 is 39.9 Å². The molecule has 22 aromatic rings. The van der Waals surface area contributed by atoms with Gasteiger partial charge in [0, 0.05) is 128 Å². The molecule has 4 unspecified atom stereocenters. The molecule has 11 heteroatoms. The van der Waals surface area contributed by atoms with E-state index in [0.29, 0.717) is 0 Å². The minimum atomic E-state index is -3.24. The molecule has 5 aliphatic rings. The Bertz CT molecular complexity index is 8380. The molecule has 4 atom stereocenters. The van der Waals surface area contributed by atoms with Gasteiger partial charge in [0.1, 0.15) is 11.3 Å². The normalized spacial score (nSPS) is 17.2. The first-order chi connectivity index (χ1) is 66.1. The van der Waals surface area contributed by atoms with Crippen LogP contribution < -0.4 is 63.7 Å². The van der Waals surface area contributed by atoms with Gasteiger partial charge in [0.2, 0.25) is 0 Å².